The molecule has 0 saturated heterocycles. The normalized spacial score (nSPS) is 18.5. The summed E-state index contributed by atoms with van der Waals surface area (Å²) in [6, 6.07) is 5.64. The van der Waals surface area contributed by atoms with Crippen LogP contribution in [-0.2, 0) is 0 Å². The Morgan fingerprint density at radius 2 is 2.00 bits per heavy atom. The van der Waals surface area contributed by atoms with Crippen LogP contribution >= 0.6 is 0 Å². The number of halogens is 1. The Bertz CT molecular complexity index is 681. The van der Waals surface area contributed by atoms with Gasteiger partial charge >= 0.3 is 0 Å². The van der Waals surface area contributed by atoms with Gasteiger partial charge in [0.25, 0.3) is 0 Å². The van der Waals surface area contributed by atoms with Gasteiger partial charge in [0.15, 0.2) is 0 Å². The largest absolute Gasteiger partial charge is 0.383 e. The summed E-state index contributed by atoms with van der Waals surface area (Å²) in [6.45, 7) is 1.77. The molecule has 2 N–H and O–H groups in total. The van der Waals surface area contributed by atoms with E-state index >= 15 is 0 Å². The van der Waals surface area contributed by atoms with E-state index in [9.17, 15) is 4.39 Å². The van der Waals surface area contributed by atoms with E-state index in [2.05, 4.69) is 4.57 Å². The third-order valence-electron chi connectivity index (χ3n) is 4.26. The zero-order valence-electron chi connectivity index (χ0n) is 11.6. The summed E-state index contributed by atoms with van der Waals surface area (Å²) in [6.07, 6.45) is 4.82. The van der Waals surface area contributed by atoms with Gasteiger partial charge in [0, 0.05) is 17.5 Å². The van der Waals surface area contributed by atoms with Crippen molar-refractivity contribution in [3.05, 3.63) is 35.4 Å². The third-order valence-corrected chi connectivity index (χ3v) is 4.26. The molecule has 0 amide bonds. The lowest BCUT2D eigenvalue weighted by Gasteiger charge is -2.07. The van der Waals surface area contributed by atoms with E-state index in [1.165, 1.54) is 31.7 Å². The van der Waals surface area contributed by atoms with E-state index in [1.54, 1.807) is 13.0 Å². The first-order chi connectivity index (χ1) is 9.65. The first-order valence-corrected chi connectivity index (χ1v) is 7.29. The second-order valence-corrected chi connectivity index (χ2v) is 6.04. The monoisotopic (exact) mass is 271 g/mol. The van der Waals surface area contributed by atoms with Crippen molar-refractivity contribution in [2.24, 2.45) is 0 Å². The molecule has 2 saturated carbocycles. The maximum absolute atomic E-state index is 13.4. The van der Waals surface area contributed by atoms with Crippen molar-refractivity contribution >= 4 is 5.82 Å². The molecular formula is C16H18FN3. The summed E-state index contributed by atoms with van der Waals surface area (Å²) in [7, 11) is 0. The second-order valence-electron chi connectivity index (χ2n) is 6.04. The maximum atomic E-state index is 13.4. The number of hydrogen-bond acceptors (Lipinski definition) is 2. The molecule has 2 aliphatic rings. The van der Waals surface area contributed by atoms with E-state index in [-0.39, 0.29) is 5.82 Å². The summed E-state index contributed by atoms with van der Waals surface area (Å²) in [5, 5.41) is 0. The van der Waals surface area contributed by atoms with Crippen LogP contribution in [0.3, 0.4) is 0 Å². The van der Waals surface area contributed by atoms with Crippen molar-refractivity contribution in [2.75, 3.05) is 5.73 Å². The van der Waals surface area contributed by atoms with Crippen molar-refractivity contribution < 1.29 is 4.39 Å². The van der Waals surface area contributed by atoms with Crippen LogP contribution in [-0.4, -0.2) is 9.55 Å². The van der Waals surface area contributed by atoms with Crippen LogP contribution in [0.5, 0.6) is 0 Å². The molecule has 0 radical (unpaired) electrons. The standard InChI is InChI=1S/C16H18FN3/c1-9-8-11(4-7-13(9)17)14-15(18)20(12-5-6-12)16(19-14)10-2-3-10/h4,7-8,10,12H,2-3,5-6,18H2,1H3. The maximum Gasteiger partial charge on any atom is 0.132 e. The summed E-state index contributed by atoms with van der Waals surface area (Å²) < 4.78 is 15.6. The van der Waals surface area contributed by atoms with E-state index in [0.29, 0.717) is 17.5 Å². The number of rotatable bonds is 3. The van der Waals surface area contributed by atoms with Gasteiger partial charge in [-0.05, 0) is 56.4 Å². The minimum atomic E-state index is -0.184. The Hall–Kier alpha value is -1.84. The summed E-state index contributed by atoms with van der Waals surface area (Å²) >= 11 is 0. The van der Waals surface area contributed by atoms with Crippen LogP contribution < -0.4 is 5.73 Å². The van der Waals surface area contributed by atoms with Gasteiger partial charge in [-0.3, -0.25) is 0 Å². The Kier molecular flexibility index (Phi) is 2.43. The van der Waals surface area contributed by atoms with Gasteiger partial charge in [-0.1, -0.05) is 0 Å². The van der Waals surface area contributed by atoms with Crippen LogP contribution in [0.4, 0.5) is 10.2 Å². The first-order valence-electron chi connectivity index (χ1n) is 7.29. The van der Waals surface area contributed by atoms with E-state index in [0.717, 1.165) is 22.9 Å². The van der Waals surface area contributed by atoms with Crippen LogP contribution in [0.15, 0.2) is 18.2 Å². The van der Waals surface area contributed by atoms with Crippen LogP contribution in [0.25, 0.3) is 11.3 Å². The zero-order valence-corrected chi connectivity index (χ0v) is 11.6. The average Bonchev–Trinajstić information content (AvgIpc) is 3.32. The molecular weight excluding hydrogens is 253 g/mol. The van der Waals surface area contributed by atoms with Gasteiger partial charge in [0.05, 0.1) is 0 Å². The molecule has 4 rings (SSSR count). The van der Waals surface area contributed by atoms with Gasteiger partial charge in [-0.2, -0.15) is 0 Å². The molecule has 2 aromatic rings. The van der Waals surface area contributed by atoms with Gasteiger partial charge < -0.3 is 10.3 Å². The number of anilines is 1. The third kappa shape index (κ3) is 1.82. The van der Waals surface area contributed by atoms with Gasteiger partial charge in [0.1, 0.15) is 23.2 Å². The molecule has 0 bridgehead atoms. The van der Waals surface area contributed by atoms with Crippen molar-refractivity contribution in [3.8, 4) is 11.3 Å². The highest BCUT2D eigenvalue weighted by atomic mass is 19.1. The lowest BCUT2D eigenvalue weighted by Crippen LogP contribution is -2.04. The summed E-state index contributed by atoms with van der Waals surface area (Å²) in [5.74, 6) is 2.28. The summed E-state index contributed by atoms with van der Waals surface area (Å²) in [5.41, 5.74) is 8.71. The predicted molar refractivity (Wildman–Crippen MR) is 77.0 cm³/mol. The fourth-order valence-corrected chi connectivity index (χ4v) is 2.81. The molecule has 3 nitrogen and oxygen atoms in total. The average molecular weight is 271 g/mol. The van der Waals surface area contributed by atoms with Gasteiger partial charge in [-0.15, -0.1) is 0 Å². The van der Waals surface area contributed by atoms with Crippen molar-refractivity contribution in [1.29, 1.82) is 0 Å². The second kappa shape index (κ2) is 4.08. The molecule has 104 valence electrons. The number of aromatic nitrogens is 2. The molecule has 0 atom stereocenters. The molecule has 0 unspecified atom stereocenters. The fourth-order valence-electron chi connectivity index (χ4n) is 2.81. The Labute approximate surface area is 117 Å². The summed E-state index contributed by atoms with van der Waals surface area (Å²) in [4.78, 5) is 4.79. The highest BCUT2D eigenvalue weighted by molar-refractivity contribution is 5.72. The molecule has 4 heteroatoms. The minimum absolute atomic E-state index is 0.184. The quantitative estimate of drug-likeness (QED) is 0.923. The van der Waals surface area contributed by atoms with Crippen LogP contribution in [0, 0.1) is 12.7 Å². The zero-order chi connectivity index (χ0) is 13.9. The number of imidazole rings is 1. The number of nitrogens with two attached hydrogens (primary N) is 1. The lowest BCUT2D eigenvalue weighted by atomic mass is 10.1. The molecule has 0 spiro atoms. The van der Waals surface area contributed by atoms with Gasteiger partial charge in [0.2, 0.25) is 0 Å². The molecule has 1 heterocycles. The number of hydrogen-bond donors (Lipinski definition) is 1. The SMILES string of the molecule is Cc1cc(-c2nc(C3CC3)n(C3CC3)c2N)ccc1F. The smallest absolute Gasteiger partial charge is 0.132 e. The van der Waals surface area contributed by atoms with Gasteiger partial charge in [-0.25, -0.2) is 9.37 Å². The fraction of sp³-hybridized carbons (Fsp3) is 0.438. The molecule has 20 heavy (non-hydrogen) atoms. The number of nitrogen functional groups attached to an aromatic ring is 1. The highest BCUT2D eigenvalue weighted by Gasteiger charge is 2.36. The van der Waals surface area contributed by atoms with E-state index < -0.39 is 0 Å². The van der Waals surface area contributed by atoms with Crippen LogP contribution in [0.2, 0.25) is 0 Å². The Balaban J connectivity index is 1.84. The molecule has 1 aromatic heterocycles. The van der Waals surface area contributed by atoms with Crippen molar-refractivity contribution in [2.45, 2.75) is 44.6 Å². The van der Waals surface area contributed by atoms with E-state index in [1.807, 2.05) is 6.07 Å². The first kappa shape index (κ1) is 11.9. The minimum Gasteiger partial charge on any atom is -0.383 e. The molecule has 2 fully saturated rings. The predicted octanol–water partition coefficient (Wildman–Crippen LogP) is 3.79. The van der Waals surface area contributed by atoms with E-state index in [4.69, 9.17) is 10.7 Å². The molecule has 1 aromatic carbocycles. The Morgan fingerprint density at radius 1 is 1.25 bits per heavy atom. The van der Waals surface area contributed by atoms with Crippen LogP contribution in [0.1, 0.15) is 49.0 Å². The molecule has 2 aliphatic carbocycles. The molecule has 0 aliphatic heterocycles. The van der Waals surface area contributed by atoms with Crippen molar-refractivity contribution in [3.63, 3.8) is 0 Å². The number of nitrogens with zero attached hydrogens (tertiary/aromatic N) is 2. The Morgan fingerprint density at radius 3 is 2.60 bits per heavy atom. The number of aryl methyl sites for hydroxylation is 1. The topological polar surface area (TPSA) is 43.8 Å². The number of benzene rings is 1. The lowest BCUT2D eigenvalue weighted by molar-refractivity contribution is 0.619. The van der Waals surface area contributed by atoms with Crippen molar-refractivity contribution in [1.82, 2.24) is 9.55 Å². The highest BCUT2D eigenvalue weighted by Crippen LogP contribution is 2.48.